The second-order valence-corrected chi connectivity index (χ2v) is 20.1. The summed E-state index contributed by atoms with van der Waals surface area (Å²) in [7, 11) is 0. The lowest BCUT2D eigenvalue weighted by molar-refractivity contribution is -0.257. The van der Waals surface area contributed by atoms with Crippen LogP contribution in [0.4, 0.5) is 0 Å². The first-order valence-corrected chi connectivity index (χ1v) is 23.4. The minimum atomic E-state index is -0.924. The summed E-state index contributed by atoms with van der Waals surface area (Å²) in [6, 6.07) is 0.306. The molecule has 0 heterocycles. The molecule has 1 amide bonds. The van der Waals surface area contributed by atoms with E-state index in [0.717, 1.165) is 77.0 Å². The van der Waals surface area contributed by atoms with Gasteiger partial charge < -0.3 is 29.8 Å². The third-order valence-electron chi connectivity index (χ3n) is 16.2. The first kappa shape index (κ1) is 46.6. The minimum absolute atomic E-state index is 0.0121. The highest BCUT2D eigenvalue weighted by atomic mass is 17.1. The highest BCUT2D eigenvalue weighted by Gasteiger charge is 2.43. The van der Waals surface area contributed by atoms with Crippen LogP contribution >= 0.6 is 0 Å². The molecule has 14 nitrogen and oxygen atoms in total. The number of hydroxylamine groups is 1. The van der Waals surface area contributed by atoms with E-state index in [4.69, 9.17) is 24.8 Å². The summed E-state index contributed by atoms with van der Waals surface area (Å²) in [6.45, 7) is 5.76. The highest BCUT2D eigenvalue weighted by molar-refractivity contribution is 5.85. The van der Waals surface area contributed by atoms with Crippen LogP contribution in [-0.4, -0.2) is 94.9 Å². The van der Waals surface area contributed by atoms with Crippen LogP contribution in [0.3, 0.4) is 0 Å². The fourth-order valence-corrected chi connectivity index (χ4v) is 12.2. The number of nitrogens with one attached hydrogen (secondary N) is 2. The van der Waals surface area contributed by atoms with Crippen LogP contribution in [0.1, 0.15) is 155 Å². The molecule has 6 saturated carbocycles. The van der Waals surface area contributed by atoms with E-state index < -0.39 is 23.8 Å². The maximum atomic E-state index is 13.2. The number of rotatable bonds is 18. The summed E-state index contributed by atoms with van der Waals surface area (Å²) >= 11 is 0. The van der Waals surface area contributed by atoms with Gasteiger partial charge in [0.05, 0.1) is 62.0 Å². The van der Waals surface area contributed by atoms with E-state index in [-0.39, 0.29) is 66.4 Å². The van der Waals surface area contributed by atoms with Crippen molar-refractivity contribution in [1.82, 2.24) is 10.8 Å². The van der Waals surface area contributed by atoms with Crippen LogP contribution in [-0.2, 0) is 38.5 Å². The van der Waals surface area contributed by atoms with Crippen molar-refractivity contribution in [2.45, 2.75) is 192 Å². The Hall–Kier alpha value is -1.91. The lowest BCUT2D eigenvalue weighted by Gasteiger charge is -2.47. The van der Waals surface area contributed by atoms with Crippen LogP contribution < -0.4 is 10.8 Å². The monoisotopic (exact) mass is 837 g/mol. The van der Waals surface area contributed by atoms with Crippen molar-refractivity contribution >= 4 is 17.8 Å². The van der Waals surface area contributed by atoms with Gasteiger partial charge in [-0.15, -0.1) is 0 Å². The Morgan fingerprint density at radius 3 is 1.58 bits per heavy atom. The number of carboxylic acid groups (broad SMARTS) is 2. The predicted molar refractivity (Wildman–Crippen MR) is 218 cm³/mol. The van der Waals surface area contributed by atoms with Crippen LogP contribution in [0.25, 0.3) is 0 Å². The van der Waals surface area contributed by atoms with Gasteiger partial charge in [0.2, 0.25) is 5.91 Å². The summed E-state index contributed by atoms with van der Waals surface area (Å²) in [5.41, 5.74) is 3.54. The second kappa shape index (κ2) is 22.4. The van der Waals surface area contributed by atoms with E-state index in [0.29, 0.717) is 75.3 Å². The number of carbonyl (C=O) groups excluding carboxylic acids is 1. The molecule has 14 heteroatoms. The third kappa shape index (κ3) is 13.1. The first-order valence-electron chi connectivity index (χ1n) is 23.4. The van der Waals surface area contributed by atoms with Gasteiger partial charge in [-0.05, 0) is 176 Å². The summed E-state index contributed by atoms with van der Waals surface area (Å²) in [5.74, 6) is -1.98. The molecule has 338 valence electrons. The highest BCUT2D eigenvalue weighted by Crippen LogP contribution is 2.49. The zero-order valence-electron chi connectivity index (χ0n) is 35.8. The zero-order valence-corrected chi connectivity index (χ0v) is 35.8. The Morgan fingerprint density at radius 2 is 1.07 bits per heavy atom. The number of carboxylic acids is 2. The summed E-state index contributed by atoms with van der Waals surface area (Å²) < 4.78 is 13.4. The molecule has 6 unspecified atom stereocenters. The van der Waals surface area contributed by atoms with Crippen molar-refractivity contribution in [2.75, 3.05) is 19.8 Å². The molecular formula is C45H76N2O12. The normalized spacial score (nSPS) is 38.6. The molecule has 6 aliphatic rings. The molecule has 0 saturated heterocycles. The first-order chi connectivity index (χ1) is 28.4. The number of hydrogen-bond acceptors (Lipinski definition) is 11. The molecule has 6 fully saturated rings. The van der Waals surface area contributed by atoms with Crippen LogP contribution in [0.5, 0.6) is 0 Å². The van der Waals surface area contributed by atoms with Gasteiger partial charge in [-0.3, -0.25) is 24.9 Å². The van der Waals surface area contributed by atoms with Crippen molar-refractivity contribution in [1.29, 1.82) is 0 Å². The molecule has 0 spiro atoms. The van der Waals surface area contributed by atoms with Crippen molar-refractivity contribution in [3.8, 4) is 0 Å². The SMILES string of the molecule is CC(C)(C1CCC(OC2CCC(NOCC3CC(C(=O)O)CCC3COO)CC2)CC1)C1CCC(OC2CCC(NC(=O)C3CC(COO)CCC3C(=O)O)CC2)CC1. The molecular weight excluding hydrogens is 760 g/mol. The minimum Gasteiger partial charge on any atom is -0.481 e. The van der Waals surface area contributed by atoms with Crippen LogP contribution in [0, 0.1) is 52.8 Å². The molecule has 0 aromatic heterocycles. The number of aliphatic carboxylic acids is 2. The smallest absolute Gasteiger partial charge is 0.307 e. The van der Waals surface area contributed by atoms with Gasteiger partial charge in [0.15, 0.2) is 0 Å². The molecule has 6 N–H and O–H groups in total. The van der Waals surface area contributed by atoms with E-state index in [1.807, 2.05) is 0 Å². The lowest BCUT2D eigenvalue weighted by atomic mass is 9.60. The molecule has 0 bridgehead atoms. The Morgan fingerprint density at radius 1 is 0.542 bits per heavy atom. The summed E-state index contributed by atoms with van der Waals surface area (Å²) in [4.78, 5) is 51.3. The Balaban J connectivity index is 0.829. The van der Waals surface area contributed by atoms with E-state index in [9.17, 15) is 24.6 Å². The fourth-order valence-electron chi connectivity index (χ4n) is 12.2. The van der Waals surface area contributed by atoms with Gasteiger partial charge in [0.1, 0.15) is 0 Å². The Bertz CT molecular complexity index is 1300. The molecule has 0 aliphatic heterocycles. The van der Waals surface area contributed by atoms with Gasteiger partial charge in [0.25, 0.3) is 0 Å². The molecule has 0 radical (unpaired) electrons. The summed E-state index contributed by atoms with van der Waals surface area (Å²) in [5, 5.41) is 40.3. The van der Waals surface area contributed by atoms with E-state index in [1.54, 1.807) is 0 Å². The molecule has 0 aromatic rings. The van der Waals surface area contributed by atoms with Gasteiger partial charge in [-0.25, -0.2) is 9.78 Å². The average molecular weight is 837 g/mol. The third-order valence-corrected chi connectivity index (χ3v) is 16.2. The Labute approximate surface area is 351 Å². The number of hydrogen-bond donors (Lipinski definition) is 6. The summed E-state index contributed by atoms with van der Waals surface area (Å²) in [6.07, 6.45) is 21.3. The maximum absolute atomic E-state index is 13.2. The molecule has 0 aromatic carbocycles. The van der Waals surface area contributed by atoms with Crippen molar-refractivity contribution in [3.63, 3.8) is 0 Å². The van der Waals surface area contributed by atoms with Gasteiger partial charge >= 0.3 is 11.9 Å². The van der Waals surface area contributed by atoms with Crippen LogP contribution in [0.15, 0.2) is 0 Å². The Kier molecular flexibility index (Phi) is 17.7. The quantitative estimate of drug-likeness (QED) is 0.0582. The fraction of sp³-hybridized carbons (Fsp3) is 0.933. The van der Waals surface area contributed by atoms with Crippen LogP contribution in [0.2, 0.25) is 0 Å². The van der Waals surface area contributed by atoms with Crippen molar-refractivity contribution in [2.24, 2.45) is 52.8 Å². The van der Waals surface area contributed by atoms with Gasteiger partial charge in [-0.1, -0.05) is 13.8 Å². The standard InChI is InChI=1S/C45H76N2O12/c1-45(2,32-6-14-36(15-7-32)58-38-18-10-34(11-19-38)46-42(48)41-23-28(25-56-53)3-22-40(41)44(51)52)33-8-16-37(17-9-33)59-39-20-12-35(13-21-39)47-55-26-31-24-29(43(49)50)4-5-30(31)27-57-54/h28-41,47,53-54H,3-27H2,1-2H3,(H,46,48)(H,49,50)(H,51,52). The molecule has 6 rings (SSSR count). The molecule has 6 atom stereocenters. The van der Waals surface area contributed by atoms with Gasteiger partial charge in [-0.2, -0.15) is 5.48 Å². The number of ether oxygens (including phenoxy) is 2. The maximum Gasteiger partial charge on any atom is 0.307 e. The van der Waals surface area contributed by atoms with E-state index in [1.165, 1.54) is 25.7 Å². The second-order valence-electron chi connectivity index (χ2n) is 20.1. The lowest BCUT2D eigenvalue weighted by Crippen LogP contribution is -2.47. The van der Waals surface area contributed by atoms with E-state index >= 15 is 0 Å². The largest absolute Gasteiger partial charge is 0.481 e. The predicted octanol–water partition coefficient (Wildman–Crippen LogP) is 7.64. The van der Waals surface area contributed by atoms with E-state index in [2.05, 4.69) is 34.4 Å². The zero-order chi connectivity index (χ0) is 41.9. The van der Waals surface area contributed by atoms with Crippen molar-refractivity contribution < 1.29 is 59.2 Å². The molecule has 59 heavy (non-hydrogen) atoms. The number of amides is 1. The number of carbonyl (C=O) groups is 3. The topological polar surface area (TPSA) is 202 Å². The van der Waals surface area contributed by atoms with Gasteiger partial charge in [0, 0.05) is 12.1 Å². The van der Waals surface area contributed by atoms with Crippen molar-refractivity contribution in [3.05, 3.63) is 0 Å². The average Bonchev–Trinajstić information content (AvgIpc) is 3.23. The molecule has 6 aliphatic carbocycles.